The second kappa shape index (κ2) is 7.70. The molecule has 0 saturated carbocycles. The predicted octanol–water partition coefficient (Wildman–Crippen LogP) is 1.51. The zero-order chi connectivity index (χ0) is 16.1. The van der Waals surface area contributed by atoms with Gasteiger partial charge in [-0.2, -0.15) is 0 Å². The Hall–Kier alpha value is -1.73. The monoisotopic (exact) mass is 333 g/mol. The highest BCUT2D eigenvalue weighted by molar-refractivity contribution is 7.09. The van der Waals surface area contributed by atoms with E-state index < -0.39 is 0 Å². The molecule has 1 atom stereocenters. The maximum atomic E-state index is 12.1. The first-order valence-corrected chi connectivity index (χ1v) is 9.06. The van der Waals surface area contributed by atoms with Crippen molar-refractivity contribution >= 4 is 17.2 Å². The van der Waals surface area contributed by atoms with Crippen LogP contribution in [0.15, 0.2) is 17.5 Å². The molecule has 7 heteroatoms. The van der Waals surface area contributed by atoms with Crippen molar-refractivity contribution in [2.75, 3.05) is 6.54 Å². The minimum Gasteiger partial charge on any atom is -0.354 e. The van der Waals surface area contributed by atoms with Gasteiger partial charge in [-0.3, -0.25) is 10.1 Å². The number of aromatic nitrogens is 3. The summed E-state index contributed by atoms with van der Waals surface area (Å²) in [6.45, 7) is 4.12. The van der Waals surface area contributed by atoms with Gasteiger partial charge in [-0.25, -0.2) is 0 Å². The molecule has 0 radical (unpaired) electrons. The van der Waals surface area contributed by atoms with Gasteiger partial charge in [0.05, 0.1) is 12.6 Å². The standard InChI is InChI=1S/C16H23N5OS/c1-12(16(22)17-8-7-13-5-4-10-23-13)18-11-15-20-19-14-6-2-3-9-21(14)15/h4-5,10,12,18H,2-3,6-9,11H2,1H3,(H,17,22). The number of amides is 1. The van der Waals surface area contributed by atoms with E-state index in [-0.39, 0.29) is 11.9 Å². The van der Waals surface area contributed by atoms with Gasteiger partial charge in [-0.15, -0.1) is 21.5 Å². The van der Waals surface area contributed by atoms with Gasteiger partial charge in [0.15, 0.2) is 0 Å². The van der Waals surface area contributed by atoms with Crippen molar-refractivity contribution < 1.29 is 4.79 Å². The molecule has 1 unspecified atom stereocenters. The molecule has 2 aromatic heterocycles. The van der Waals surface area contributed by atoms with E-state index in [9.17, 15) is 4.79 Å². The molecule has 0 spiro atoms. The van der Waals surface area contributed by atoms with Crippen molar-refractivity contribution in [3.8, 4) is 0 Å². The SMILES string of the molecule is CC(NCc1nnc2n1CCCC2)C(=O)NCCc1cccs1. The van der Waals surface area contributed by atoms with Gasteiger partial charge in [-0.1, -0.05) is 6.07 Å². The van der Waals surface area contributed by atoms with E-state index in [1.54, 1.807) is 11.3 Å². The van der Waals surface area contributed by atoms with Crippen LogP contribution in [0.3, 0.4) is 0 Å². The highest BCUT2D eigenvalue weighted by Gasteiger charge is 2.17. The van der Waals surface area contributed by atoms with Crippen LogP contribution in [0.1, 0.15) is 36.3 Å². The van der Waals surface area contributed by atoms with Crippen LogP contribution >= 0.6 is 11.3 Å². The van der Waals surface area contributed by atoms with Crippen LogP contribution in [0.25, 0.3) is 0 Å². The lowest BCUT2D eigenvalue weighted by atomic mass is 10.1. The normalized spacial score (nSPS) is 15.2. The van der Waals surface area contributed by atoms with Gasteiger partial charge in [0.2, 0.25) is 5.91 Å². The minimum absolute atomic E-state index is 0.0277. The molecule has 2 aromatic rings. The number of hydrogen-bond acceptors (Lipinski definition) is 5. The number of fused-ring (bicyclic) bond motifs is 1. The first-order chi connectivity index (χ1) is 11.2. The van der Waals surface area contributed by atoms with Crippen molar-refractivity contribution in [3.05, 3.63) is 34.0 Å². The number of nitrogens with zero attached hydrogens (tertiary/aromatic N) is 3. The summed E-state index contributed by atoms with van der Waals surface area (Å²) in [6, 6.07) is 3.88. The molecule has 1 aliphatic heterocycles. The summed E-state index contributed by atoms with van der Waals surface area (Å²) in [5.41, 5.74) is 0. The quantitative estimate of drug-likeness (QED) is 0.806. The number of nitrogens with one attached hydrogen (secondary N) is 2. The molecule has 23 heavy (non-hydrogen) atoms. The van der Waals surface area contributed by atoms with Gasteiger partial charge in [0.1, 0.15) is 11.6 Å². The number of rotatable bonds is 7. The fraction of sp³-hybridized carbons (Fsp3) is 0.562. The van der Waals surface area contributed by atoms with Crippen LogP contribution in [0.4, 0.5) is 0 Å². The molecular weight excluding hydrogens is 310 g/mol. The zero-order valence-corrected chi connectivity index (χ0v) is 14.2. The summed E-state index contributed by atoms with van der Waals surface area (Å²) in [5, 5.41) is 16.8. The number of thiophene rings is 1. The number of carbonyl (C=O) groups is 1. The molecule has 1 aliphatic rings. The van der Waals surface area contributed by atoms with E-state index in [2.05, 4.69) is 36.8 Å². The van der Waals surface area contributed by atoms with E-state index in [0.717, 1.165) is 31.0 Å². The third-order valence-electron chi connectivity index (χ3n) is 4.15. The fourth-order valence-electron chi connectivity index (χ4n) is 2.75. The summed E-state index contributed by atoms with van der Waals surface area (Å²) < 4.78 is 2.18. The third-order valence-corrected chi connectivity index (χ3v) is 5.08. The van der Waals surface area contributed by atoms with Gasteiger partial charge in [0, 0.05) is 24.4 Å². The van der Waals surface area contributed by atoms with Gasteiger partial charge < -0.3 is 9.88 Å². The molecule has 0 aliphatic carbocycles. The molecule has 0 fully saturated rings. The number of aryl methyl sites for hydroxylation is 1. The maximum absolute atomic E-state index is 12.1. The van der Waals surface area contributed by atoms with E-state index >= 15 is 0 Å². The average Bonchev–Trinajstić information content (AvgIpc) is 3.22. The Morgan fingerprint density at radius 1 is 1.43 bits per heavy atom. The predicted molar refractivity (Wildman–Crippen MR) is 90.3 cm³/mol. The Labute approximate surface area is 140 Å². The van der Waals surface area contributed by atoms with Gasteiger partial charge in [-0.05, 0) is 37.6 Å². The number of carbonyl (C=O) groups excluding carboxylic acids is 1. The van der Waals surface area contributed by atoms with Crippen LogP contribution in [0.2, 0.25) is 0 Å². The molecule has 2 N–H and O–H groups in total. The summed E-state index contributed by atoms with van der Waals surface area (Å²) in [5.74, 6) is 2.03. The highest BCUT2D eigenvalue weighted by atomic mass is 32.1. The van der Waals surface area contributed by atoms with Crippen molar-refractivity contribution in [3.63, 3.8) is 0 Å². The molecule has 0 aromatic carbocycles. The smallest absolute Gasteiger partial charge is 0.236 e. The second-order valence-electron chi connectivity index (χ2n) is 5.86. The maximum Gasteiger partial charge on any atom is 0.236 e. The minimum atomic E-state index is -0.241. The molecular formula is C16H23N5OS. The van der Waals surface area contributed by atoms with E-state index in [0.29, 0.717) is 13.1 Å². The van der Waals surface area contributed by atoms with Crippen LogP contribution in [0.5, 0.6) is 0 Å². The van der Waals surface area contributed by atoms with Gasteiger partial charge in [0.25, 0.3) is 0 Å². The zero-order valence-electron chi connectivity index (χ0n) is 13.4. The van der Waals surface area contributed by atoms with Crippen molar-refractivity contribution in [2.45, 2.75) is 51.7 Å². The average molecular weight is 333 g/mol. The highest BCUT2D eigenvalue weighted by Crippen LogP contribution is 2.14. The van der Waals surface area contributed by atoms with Crippen molar-refractivity contribution in [2.24, 2.45) is 0 Å². The largest absolute Gasteiger partial charge is 0.354 e. The molecule has 1 amide bonds. The Bertz CT molecular complexity index is 637. The molecule has 0 bridgehead atoms. The lowest BCUT2D eigenvalue weighted by Gasteiger charge is -2.17. The van der Waals surface area contributed by atoms with E-state index in [1.165, 1.54) is 17.7 Å². The molecule has 0 saturated heterocycles. The fourth-order valence-corrected chi connectivity index (χ4v) is 3.46. The summed E-state index contributed by atoms with van der Waals surface area (Å²) in [6.07, 6.45) is 4.25. The molecule has 3 rings (SSSR count). The van der Waals surface area contributed by atoms with Crippen molar-refractivity contribution in [1.29, 1.82) is 0 Å². The summed E-state index contributed by atoms with van der Waals surface area (Å²) >= 11 is 1.72. The lowest BCUT2D eigenvalue weighted by Crippen LogP contribution is -2.42. The van der Waals surface area contributed by atoms with Crippen LogP contribution in [-0.2, 0) is 30.7 Å². The van der Waals surface area contributed by atoms with Crippen LogP contribution in [0, 0.1) is 0 Å². The lowest BCUT2D eigenvalue weighted by molar-refractivity contribution is -0.122. The Morgan fingerprint density at radius 2 is 2.35 bits per heavy atom. The van der Waals surface area contributed by atoms with Crippen LogP contribution < -0.4 is 10.6 Å². The molecule has 3 heterocycles. The van der Waals surface area contributed by atoms with E-state index in [4.69, 9.17) is 0 Å². The summed E-state index contributed by atoms with van der Waals surface area (Å²) in [7, 11) is 0. The van der Waals surface area contributed by atoms with Crippen molar-refractivity contribution in [1.82, 2.24) is 25.4 Å². The summed E-state index contributed by atoms with van der Waals surface area (Å²) in [4.78, 5) is 13.4. The number of hydrogen-bond donors (Lipinski definition) is 2. The molecule has 6 nitrogen and oxygen atoms in total. The topological polar surface area (TPSA) is 71.8 Å². The molecule has 124 valence electrons. The Kier molecular flexibility index (Phi) is 5.40. The van der Waals surface area contributed by atoms with Crippen LogP contribution in [-0.4, -0.2) is 33.3 Å². The second-order valence-corrected chi connectivity index (χ2v) is 6.90. The Morgan fingerprint density at radius 3 is 3.17 bits per heavy atom. The third kappa shape index (κ3) is 4.17. The first-order valence-electron chi connectivity index (χ1n) is 8.18. The van der Waals surface area contributed by atoms with E-state index in [1.807, 2.05) is 13.0 Å². The Balaban J connectivity index is 1.42. The van der Waals surface area contributed by atoms with Gasteiger partial charge >= 0.3 is 0 Å². The first kappa shape index (κ1) is 16.1.